The quantitative estimate of drug-likeness (QED) is 0.497. The zero-order valence-corrected chi connectivity index (χ0v) is 10.9. The molecule has 0 radical (unpaired) electrons. The summed E-state index contributed by atoms with van der Waals surface area (Å²) in [6, 6.07) is 5.90. The highest BCUT2D eigenvalue weighted by Gasteiger charge is 2.16. The monoisotopic (exact) mass is 290 g/mol. The number of halogens is 2. The zero-order chi connectivity index (χ0) is 13.5. The van der Waals surface area contributed by atoms with Gasteiger partial charge in [0.15, 0.2) is 0 Å². The first-order valence-electron chi connectivity index (χ1n) is 5.30. The lowest BCUT2D eigenvalue weighted by atomic mass is 10.1. The molecule has 0 aliphatic carbocycles. The van der Waals surface area contributed by atoms with Gasteiger partial charge in [0.25, 0.3) is 0 Å². The van der Waals surface area contributed by atoms with Crippen LogP contribution >= 0.6 is 23.2 Å². The molecule has 0 bridgehead atoms. The van der Waals surface area contributed by atoms with Gasteiger partial charge in [-0.05, 0) is 25.0 Å². The van der Waals surface area contributed by atoms with Gasteiger partial charge in [-0.25, -0.2) is 9.59 Å². The average molecular weight is 291 g/mol. The van der Waals surface area contributed by atoms with E-state index in [1.807, 2.05) is 0 Å². The third-order valence-electron chi connectivity index (χ3n) is 2.18. The summed E-state index contributed by atoms with van der Waals surface area (Å²) in [4.78, 5) is 22.1. The molecule has 1 aromatic rings. The minimum absolute atomic E-state index is 0.0401. The lowest BCUT2D eigenvalue weighted by Crippen LogP contribution is -2.12. The lowest BCUT2D eigenvalue weighted by molar-refractivity contribution is 0.0489. The van der Waals surface area contributed by atoms with E-state index in [9.17, 15) is 9.59 Å². The summed E-state index contributed by atoms with van der Waals surface area (Å²) in [7, 11) is 0. The average Bonchev–Trinajstić information content (AvgIpc) is 2.34. The molecule has 0 amide bonds. The topological polar surface area (TPSA) is 63.6 Å². The van der Waals surface area contributed by atoms with E-state index in [0.717, 1.165) is 0 Å². The predicted octanol–water partition coefficient (Wildman–Crippen LogP) is 3.13. The van der Waals surface area contributed by atoms with Gasteiger partial charge in [0.05, 0.1) is 17.7 Å². The van der Waals surface area contributed by atoms with E-state index in [0.29, 0.717) is 12.8 Å². The Balaban J connectivity index is 2.59. The molecule has 98 valence electrons. The normalized spacial score (nSPS) is 10.4. The summed E-state index contributed by atoms with van der Waals surface area (Å²) in [5.41, 5.74) is -0.0339. The van der Waals surface area contributed by atoms with Crippen molar-refractivity contribution in [2.45, 2.75) is 17.7 Å². The van der Waals surface area contributed by atoms with Gasteiger partial charge in [-0.2, -0.15) is 0 Å². The highest BCUT2D eigenvalue weighted by molar-refractivity contribution is 6.44. The molecular formula is C12H12Cl2O4. The summed E-state index contributed by atoms with van der Waals surface area (Å²) in [6.45, 7) is 0.155. The lowest BCUT2D eigenvalue weighted by Gasteiger charge is -2.07. The van der Waals surface area contributed by atoms with Crippen LogP contribution in [0, 0.1) is 0 Å². The number of carboxylic acids is 1. The van der Waals surface area contributed by atoms with Crippen molar-refractivity contribution in [3.63, 3.8) is 0 Å². The maximum Gasteiger partial charge on any atom is 0.339 e. The van der Waals surface area contributed by atoms with Crippen molar-refractivity contribution < 1.29 is 19.4 Å². The smallest absolute Gasteiger partial charge is 0.339 e. The Bertz CT molecular complexity index is 432. The number of carboxylic acid groups (broad SMARTS) is 1. The second-order valence-corrected chi connectivity index (χ2v) is 4.80. The molecular weight excluding hydrogens is 279 g/mol. The summed E-state index contributed by atoms with van der Waals surface area (Å²) >= 11 is 11.0. The number of esters is 1. The van der Waals surface area contributed by atoms with Crippen molar-refractivity contribution in [3.05, 3.63) is 35.4 Å². The van der Waals surface area contributed by atoms with Crippen molar-refractivity contribution in [3.8, 4) is 0 Å². The van der Waals surface area contributed by atoms with E-state index >= 15 is 0 Å². The molecule has 1 N–H and O–H groups in total. The van der Waals surface area contributed by atoms with Gasteiger partial charge in [0.1, 0.15) is 4.84 Å². The number of carbonyl (C=O) groups is 2. The number of hydrogen-bond donors (Lipinski definition) is 1. The molecule has 0 aromatic heterocycles. The molecule has 0 fully saturated rings. The van der Waals surface area contributed by atoms with Gasteiger partial charge < -0.3 is 9.84 Å². The molecule has 0 atom stereocenters. The van der Waals surface area contributed by atoms with Crippen LogP contribution in [0.5, 0.6) is 0 Å². The molecule has 0 saturated carbocycles. The zero-order valence-electron chi connectivity index (χ0n) is 9.44. The Morgan fingerprint density at radius 2 is 1.83 bits per heavy atom. The Labute approximate surface area is 114 Å². The number of benzene rings is 1. The van der Waals surface area contributed by atoms with Gasteiger partial charge in [0, 0.05) is 0 Å². The van der Waals surface area contributed by atoms with Crippen LogP contribution in [0.1, 0.15) is 33.6 Å². The highest BCUT2D eigenvalue weighted by atomic mass is 35.5. The van der Waals surface area contributed by atoms with Crippen molar-refractivity contribution >= 4 is 35.1 Å². The van der Waals surface area contributed by atoms with Gasteiger partial charge in [0.2, 0.25) is 0 Å². The van der Waals surface area contributed by atoms with Crippen molar-refractivity contribution in [1.82, 2.24) is 0 Å². The molecule has 4 nitrogen and oxygen atoms in total. The molecule has 0 saturated heterocycles. The number of ether oxygens (including phenoxy) is 1. The summed E-state index contributed by atoms with van der Waals surface area (Å²) < 4.78 is 4.95. The fourth-order valence-electron chi connectivity index (χ4n) is 1.33. The fourth-order valence-corrected chi connectivity index (χ4v) is 1.64. The van der Waals surface area contributed by atoms with Crippen LogP contribution in [0.25, 0.3) is 0 Å². The van der Waals surface area contributed by atoms with Crippen LogP contribution in [0.3, 0.4) is 0 Å². The first-order chi connectivity index (χ1) is 8.52. The standard InChI is InChI=1S/C12H12Cl2O4/c13-10(14)6-3-7-18-12(17)9-5-2-1-4-8(9)11(15)16/h1-2,4-5,10H,3,6-7H2,(H,15,16). The summed E-state index contributed by atoms with van der Waals surface area (Å²) in [5.74, 6) is -1.82. The van der Waals surface area contributed by atoms with Crippen LogP contribution in [0.2, 0.25) is 0 Å². The van der Waals surface area contributed by atoms with E-state index in [1.54, 1.807) is 12.1 Å². The third kappa shape index (κ3) is 4.55. The molecule has 0 heterocycles. The largest absolute Gasteiger partial charge is 0.478 e. The maximum atomic E-state index is 11.7. The molecule has 0 spiro atoms. The van der Waals surface area contributed by atoms with E-state index in [1.165, 1.54) is 12.1 Å². The van der Waals surface area contributed by atoms with Crippen LogP contribution < -0.4 is 0 Å². The Morgan fingerprint density at radius 3 is 2.39 bits per heavy atom. The highest BCUT2D eigenvalue weighted by Crippen LogP contribution is 2.12. The van der Waals surface area contributed by atoms with Crippen LogP contribution in [0.15, 0.2) is 24.3 Å². The van der Waals surface area contributed by atoms with Crippen molar-refractivity contribution in [2.24, 2.45) is 0 Å². The molecule has 0 unspecified atom stereocenters. The summed E-state index contributed by atoms with van der Waals surface area (Å²) in [6.07, 6.45) is 1.04. The fraction of sp³-hybridized carbons (Fsp3) is 0.333. The Morgan fingerprint density at radius 1 is 1.22 bits per heavy atom. The van der Waals surface area contributed by atoms with Gasteiger partial charge >= 0.3 is 11.9 Å². The third-order valence-corrected chi connectivity index (χ3v) is 2.61. The number of alkyl halides is 2. The van der Waals surface area contributed by atoms with Crippen LogP contribution in [-0.2, 0) is 4.74 Å². The number of aromatic carboxylic acids is 1. The number of rotatable bonds is 6. The molecule has 18 heavy (non-hydrogen) atoms. The molecule has 0 aliphatic heterocycles. The molecule has 0 aliphatic rings. The molecule has 6 heteroatoms. The SMILES string of the molecule is O=C(O)c1ccccc1C(=O)OCCCC(Cl)Cl. The number of carbonyl (C=O) groups excluding carboxylic acids is 1. The molecule has 1 aromatic carbocycles. The summed E-state index contributed by atoms with van der Waals surface area (Å²) in [5, 5.41) is 8.92. The molecule has 1 rings (SSSR count). The van der Waals surface area contributed by atoms with E-state index in [4.69, 9.17) is 33.0 Å². The predicted molar refractivity (Wildman–Crippen MR) is 68.4 cm³/mol. The van der Waals surface area contributed by atoms with Crippen molar-refractivity contribution in [1.29, 1.82) is 0 Å². The first-order valence-corrected chi connectivity index (χ1v) is 6.17. The maximum absolute atomic E-state index is 11.7. The van der Waals surface area contributed by atoms with Crippen LogP contribution in [0.4, 0.5) is 0 Å². The second kappa shape index (κ2) is 7.24. The van der Waals surface area contributed by atoms with E-state index in [2.05, 4.69) is 0 Å². The van der Waals surface area contributed by atoms with Gasteiger partial charge in [-0.15, -0.1) is 23.2 Å². The van der Waals surface area contributed by atoms with Crippen LogP contribution in [-0.4, -0.2) is 28.5 Å². The van der Waals surface area contributed by atoms with Gasteiger partial charge in [-0.3, -0.25) is 0 Å². The Kier molecular flexibility index (Phi) is 5.95. The van der Waals surface area contributed by atoms with Gasteiger partial charge in [-0.1, -0.05) is 12.1 Å². The first kappa shape index (κ1) is 14.8. The second-order valence-electron chi connectivity index (χ2n) is 3.52. The number of hydrogen-bond acceptors (Lipinski definition) is 3. The van der Waals surface area contributed by atoms with Crippen molar-refractivity contribution in [2.75, 3.05) is 6.61 Å². The Hall–Kier alpha value is -1.26. The van der Waals surface area contributed by atoms with E-state index in [-0.39, 0.29) is 17.7 Å². The minimum atomic E-state index is -1.16. The minimum Gasteiger partial charge on any atom is -0.478 e. The van der Waals surface area contributed by atoms with E-state index < -0.39 is 16.8 Å².